The summed E-state index contributed by atoms with van der Waals surface area (Å²) in [7, 11) is 0. The molecule has 0 aromatic heterocycles. The molecule has 0 saturated carbocycles. The average Bonchev–Trinajstić information content (AvgIpc) is 1.91. The van der Waals surface area contributed by atoms with Crippen LogP contribution in [0.3, 0.4) is 0 Å². The zero-order valence-corrected chi connectivity index (χ0v) is 7.46. The molecule has 0 aliphatic carbocycles. The van der Waals surface area contributed by atoms with Gasteiger partial charge >= 0.3 is 0 Å². The molecular formula is C6H11IO2. The lowest BCUT2D eigenvalue weighted by atomic mass is 10.2. The molecule has 0 N–H and O–H groups in total. The van der Waals surface area contributed by atoms with Crippen LogP contribution in [0.15, 0.2) is 0 Å². The van der Waals surface area contributed by atoms with Gasteiger partial charge in [0.15, 0.2) is 0 Å². The summed E-state index contributed by atoms with van der Waals surface area (Å²) in [5, 5.41) is 0. The first kappa shape index (κ1) is 7.75. The van der Waals surface area contributed by atoms with Crippen LogP contribution in [-0.4, -0.2) is 23.9 Å². The molecule has 1 heterocycles. The zero-order valence-electron chi connectivity index (χ0n) is 5.31. The molecule has 3 heteroatoms. The van der Waals surface area contributed by atoms with Gasteiger partial charge in [-0.1, -0.05) is 22.6 Å². The molecule has 0 bridgehead atoms. The van der Waals surface area contributed by atoms with E-state index in [9.17, 15) is 0 Å². The van der Waals surface area contributed by atoms with E-state index in [1.54, 1.807) is 0 Å². The van der Waals surface area contributed by atoms with Crippen LogP contribution in [0, 0.1) is 0 Å². The van der Waals surface area contributed by atoms with Crippen molar-refractivity contribution >= 4 is 22.6 Å². The Hall–Kier alpha value is 0.650. The van der Waals surface area contributed by atoms with Crippen molar-refractivity contribution in [1.82, 2.24) is 0 Å². The Balaban J connectivity index is 2.08. The average molecular weight is 242 g/mol. The van der Waals surface area contributed by atoms with E-state index < -0.39 is 0 Å². The number of hydrogen-bond donors (Lipinski definition) is 0. The maximum absolute atomic E-state index is 5.34. The molecule has 1 aliphatic heterocycles. The molecule has 54 valence electrons. The second-order valence-electron chi connectivity index (χ2n) is 2.11. The summed E-state index contributed by atoms with van der Waals surface area (Å²) < 4.78 is 11.3. The quantitative estimate of drug-likeness (QED) is 0.540. The maximum Gasteiger partial charge on any atom is 0.0984 e. The minimum Gasteiger partial charge on any atom is -0.379 e. The zero-order chi connectivity index (χ0) is 6.53. The van der Waals surface area contributed by atoms with Crippen LogP contribution >= 0.6 is 22.6 Å². The third kappa shape index (κ3) is 2.82. The second-order valence-corrected chi connectivity index (χ2v) is 2.74. The number of halogens is 1. The van der Waals surface area contributed by atoms with E-state index in [0.717, 1.165) is 24.2 Å². The lowest BCUT2D eigenvalue weighted by Gasteiger charge is -2.20. The Bertz CT molecular complexity index is 68.7. The van der Waals surface area contributed by atoms with Gasteiger partial charge in [-0.25, -0.2) is 0 Å². The molecule has 0 aromatic rings. The van der Waals surface area contributed by atoms with E-state index >= 15 is 0 Å². The van der Waals surface area contributed by atoms with Gasteiger partial charge in [0.25, 0.3) is 0 Å². The van der Waals surface area contributed by atoms with Gasteiger partial charge in [0, 0.05) is 6.61 Å². The summed E-state index contributed by atoms with van der Waals surface area (Å²) in [5.74, 6) is 0. The van der Waals surface area contributed by atoms with Gasteiger partial charge in [-0.2, -0.15) is 0 Å². The van der Waals surface area contributed by atoms with Crippen molar-refractivity contribution in [3.05, 3.63) is 0 Å². The minimum absolute atomic E-state index is 0.371. The van der Waals surface area contributed by atoms with Gasteiger partial charge < -0.3 is 9.47 Å². The molecule has 0 spiro atoms. The van der Waals surface area contributed by atoms with Crippen LogP contribution in [0.4, 0.5) is 0 Å². The fourth-order valence-electron chi connectivity index (χ4n) is 0.932. The van der Waals surface area contributed by atoms with Crippen LogP contribution in [0.1, 0.15) is 12.8 Å². The predicted octanol–water partition coefficient (Wildman–Crippen LogP) is 1.57. The molecule has 9 heavy (non-hydrogen) atoms. The maximum atomic E-state index is 5.34. The SMILES string of the molecule is ICOC1CCCOC1. The molecule has 1 aliphatic rings. The van der Waals surface area contributed by atoms with Crippen LogP contribution in [0.2, 0.25) is 0 Å². The highest BCUT2D eigenvalue weighted by Gasteiger charge is 2.12. The Morgan fingerprint density at radius 1 is 1.67 bits per heavy atom. The highest BCUT2D eigenvalue weighted by atomic mass is 127. The first-order valence-electron chi connectivity index (χ1n) is 3.19. The predicted molar refractivity (Wildman–Crippen MR) is 43.8 cm³/mol. The van der Waals surface area contributed by atoms with Crippen molar-refractivity contribution in [2.45, 2.75) is 18.9 Å². The summed E-state index contributed by atoms with van der Waals surface area (Å²) in [6, 6.07) is 0. The summed E-state index contributed by atoms with van der Waals surface area (Å²) in [6.45, 7) is 1.71. The molecule has 1 rings (SSSR count). The van der Waals surface area contributed by atoms with Crippen molar-refractivity contribution in [2.75, 3.05) is 17.8 Å². The summed E-state index contributed by atoms with van der Waals surface area (Å²) in [5.41, 5.74) is 0. The van der Waals surface area contributed by atoms with Gasteiger partial charge in [-0.05, 0) is 12.8 Å². The highest BCUT2D eigenvalue weighted by Crippen LogP contribution is 2.09. The van der Waals surface area contributed by atoms with Gasteiger partial charge in [0.2, 0.25) is 0 Å². The topological polar surface area (TPSA) is 18.5 Å². The standard InChI is InChI=1S/C6H11IO2/c7-5-9-6-2-1-3-8-4-6/h6H,1-5H2. The molecule has 1 saturated heterocycles. The Morgan fingerprint density at radius 3 is 3.11 bits per heavy atom. The lowest BCUT2D eigenvalue weighted by Crippen LogP contribution is -2.24. The third-order valence-corrected chi connectivity index (χ3v) is 1.78. The van der Waals surface area contributed by atoms with Crippen molar-refractivity contribution in [1.29, 1.82) is 0 Å². The molecule has 1 atom stereocenters. The van der Waals surface area contributed by atoms with E-state index in [1.807, 2.05) is 0 Å². The van der Waals surface area contributed by atoms with E-state index in [2.05, 4.69) is 22.6 Å². The molecule has 0 radical (unpaired) electrons. The van der Waals surface area contributed by atoms with Crippen LogP contribution in [-0.2, 0) is 9.47 Å². The van der Waals surface area contributed by atoms with E-state index in [-0.39, 0.29) is 0 Å². The number of hydrogen-bond acceptors (Lipinski definition) is 2. The normalized spacial score (nSPS) is 28.3. The number of ether oxygens (including phenoxy) is 2. The minimum atomic E-state index is 0.371. The van der Waals surface area contributed by atoms with Crippen molar-refractivity contribution < 1.29 is 9.47 Å². The molecular weight excluding hydrogens is 231 g/mol. The summed E-state index contributed by atoms with van der Waals surface area (Å²) in [6.07, 6.45) is 2.69. The smallest absolute Gasteiger partial charge is 0.0984 e. The Labute approximate surface area is 69.0 Å². The van der Waals surface area contributed by atoms with Crippen LogP contribution in [0.5, 0.6) is 0 Å². The van der Waals surface area contributed by atoms with Crippen molar-refractivity contribution in [2.24, 2.45) is 0 Å². The van der Waals surface area contributed by atoms with Gasteiger partial charge in [0.05, 0.1) is 17.3 Å². The van der Waals surface area contributed by atoms with Crippen LogP contribution in [0.25, 0.3) is 0 Å². The Morgan fingerprint density at radius 2 is 2.56 bits per heavy atom. The second kappa shape index (κ2) is 4.46. The summed E-state index contributed by atoms with van der Waals surface area (Å²) in [4.78, 5) is 0. The lowest BCUT2D eigenvalue weighted by molar-refractivity contribution is -0.0316. The molecule has 0 amide bonds. The number of alkyl halides is 1. The van der Waals surface area contributed by atoms with Crippen molar-refractivity contribution in [3.8, 4) is 0 Å². The molecule has 2 nitrogen and oxygen atoms in total. The first-order valence-corrected chi connectivity index (χ1v) is 4.71. The Kier molecular flexibility index (Phi) is 3.85. The monoisotopic (exact) mass is 242 g/mol. The van der Waals surface area contributed by atoms with Gasteiger partial charge in [0.1, 0.15) is 0 Å². The summed E-state index contributed by atoms with van der Waals surface area (Å²) >= 11 is 2.21. The number of rotatable bonds is 2. The van der Waals surface area contributed by atoms with E-state index in [1.165, 1.54) is 6.42 Å². The first-order chi connectivity index (χ1) is 4.43. The fourth-order valence-corrected chi connectivity index (χ4v) is 1.44. The molecule has 0 aromatic carbocycles. The van der Waals surface area contributed by atoms with Gasteiger partial charge in [-0.3, -0.25) is 0 Å². The largest absolute Gasteiger partial charge is 0.379 e. The third-order valence-electron chi connectivity index (χ3n) is 1.42. The highest BCUT2D eigenvalue weighted by molar-refractivity contribution is 14.1. The van der Waals surface area contributed by atoms with E-state index in [0.29, 0.717) is 6.10 Å². The van der Waals surface area contributed by atoms with Crippen LogP contribution < -0.4 is 0 Å². The van der Waals surface area contributed by atoms with Gasteiger partial charge in [-0.15, -0.1) is 0 Å². The van der Waals surface area contributed by atoms with E-state index in [4.69, 9.17) is 9.47 Å². The fraction of sp³-hybridized carbons (Fsp3) is 1.00. The van der Waals surface area contributed by atoms with Crippen molar-refractivity contribution in [3.63, 3.8) is 0 Å². The molecule has 1 unspecified atom stereocenters. The molecule has 1 fully saturated rings.